The molecule has 1 heterocycles. The van der Waals surface area contributed by atoms with Crippen LogP contribution in [0.2, 0.25) is 0 Å². The van der Waals surface area contributed by atoms with Gasteiger partial charge in [0.2, 0.25) is 0 Å². The molecule has 0 fully saturated rings. The lowest BCUT2D eigenvalue weighted by atomic mass is 9.96. The molecule has 0 bridgehead atoms. The molecule has 1 unspecified atom stereocenters. The van der Waals surface area contributed by atoms with Crippen molar-refractivity contribution in [2.45, 2.75) is 39.2 Å². The van der Waals surface area contributed by atoms with Crippen LogP contribution in [0.25, 0.3) is 0 Å². The number of anilines is 1. The summed E-state index contributed by atoms with van der Waals surface area (Å²) in [6.07, 6.45) is 2.55. The van der Waals surface area contributed by atoms with Gasteiger partial charge in [0, 0.05) is 5.41 Å². The summed E-state index contributed by atoms with van der Waals surface area (Å²) < 4.78 is 10.7. The maximum Gasteiger partial charge on any atom is 0.265 e. The third-order valence-corrected chi connectivity index (χ3v) is 3.33. The lowest BCUT2D eigenvalue weighted by Gasteiger charge is -2.17. The summed E-state index contributed by atoms with van der Waals surface area (Å²) >= 11 is 0. The minimum atomic E-state index is -0.652. The van der Waals surface area contributed by atoms with Gasteiger partial charge in [-0.05, 0) is 31.2 Å². The summed E-state index contributed by atoms with van der Waals surface area (Å²) in [5.41, 5.74) is 0.408. The van der Waals surface area contributed by atoms with Crippen LogP contribution in [0.3, 0.4) is 0 Å². The molecule has 2 rings (SSSR count). The summed E-state index contributed by atoms with van der Waals surface area (Å²) in [5, 5.41) is 2.75. The number of aromatic nitrogens is 2. The van der Waals surface area contributed by atoms with E-state index in [4.69, 9.17) is 9.47 Å². The lowest BCUT2D eigenvalue weighted by molar-refractivity contribution is -0.122. The van der Waals surface area contributed by atoms with Gasteiger partial charge in [-0.1, -0.05) is 20.8 Å². The minimum absolute atomic E-state index is 0.132. The van der Waals surface area contributed by atoms with Crippen LogP contribution >= 0.6 is 0 Å². The number of hydrogen-bond acceptors (Lipinski definition) is 5. The first-order valence-corrected chi connectivity index (χ1v) is 7.73. The topological polar surface area (TPSA) is 73.3 Å². The number of rotatable bonds is 5. The summed E-state index contributed by atoms with van der Waals surface area (Å²) in [5.74, 6) is 1.79. The van der Waals surface area contributed by atoms with E-state index >= 15 is 0 Å². The predicted molar refractivity (Wildman–Crippen MR) is 92.4 cm³/mol. The smallest absolute Gasteiger partial charge is 0.265 e. The number of carbonyl (C=O) groups is 1. The molecule has 0 aliphatic rings. The lowest BCUT2D eigenvalue weighted by Crippen LogP contribution is -2.30. The molecule has 1 aromatic carbocycles. The fourth-order valence-corrected chi connectivity index (χ4v) is 1.94. The van der Waals surface area contributed by atoms with Crippen LogP contribution in [0.5, 0.6) is 11.5 Å². The molecule has 1 N–H and O–H groups in total. The highest BCUT2D eigenvalue weighted by Gasteiger charge is 2.18. The normalized spacial score (nSPS) is 12.4. The van der Waals surface area contributed by atoms with Crippen LogP contribution in [0.4, 0.5) is 5.69 Å². The number of carbonyl (C=O) groups excluding carboxylic acids is 1. The largest absolute Gasteiger partial charge is 0.497 e. The number of ether oxygens (including phenoxy) is 2. The van der Waals surface area contributed by atoms with Crippen LogP contribution in [-0.4, -0.2) is 29.1 Å². The Morgan fingerprint density at radius 1 is 1.08 bits per heavy atom. The molecule has 1 amide bonds. The van der Waals surface area contributed by atoms with Gasteiger partial charge in [-0.25, -0.2) is 9.97 Å². The first kappa shape index (κ1) is 17.7. The van der Waals surface area contributed by atoms with Gasteiger partial charge in [0.1, 0.15) is 17.3 Å². The van der Waals surface area contributed by atoms with E-state index in [1.54, 1.807) is 50.7 Å². The molecule has 0 radical (unpaired) electrons. The average Bonchev–Trinajstić information content (AvgIpc) is 2.55. The Bertz CT molecular complexity index is 676. The highest BCUT2D eigenvalue weighted by atomic mass is 16.5. The Labute approximate surface area is 142 Å². The summed E-state index contributed by atoms with van der Waals surface area (Å²) in [4.78, 5) is 20.8. The quantitative estimate of drug-likeness (QED) is 0.912. The van der Waals surface area contributed by atoms with Crippen LogP contribution in [0.15, 0.2) is 36.7 Å². The van der Waals surface area contributed by atoms with E-state index in [2.05, 4.69) is 15.3 Å². The Kier molecular flexibility index (Phi) is 5.39. The standard InChI is InChI=1S/C18H23N3O3/c1-12(24-15-8-6-14(23-5)7-9-15)16(22)21-13-10-19-17(20-11-13)18(2,3)4/h6-12H,1-5H3,(H,21,22). The van der Waals surface area contributed by atoms with E-state index in [9.17, 15) is 4.79 Å². The van der Waals surface area contributed by atoms with Crippen molar-refractivity contribution < 1.29 is 14.3 Å². The molecule has 6 nitrogen and oxygen atoms in total. The van der Waals surface area contributed by atoms with Gasteiger partial charge in [-0.2, -0.15) is 0 Å². The Hall–Kier alpha value is -2.63. The van der Waals surface area contributed by atoms with Crippen LogP contribution < -0.4 is 14.8 Å². The van der Waals surface area contributed by atoms with Crippen LogP contribution in [0, 0.1) is 0 Å². The molecule has 1 atom stereocenters. The highest BCUT2D eigenvalue weighted by molar-refractivity contribution is 5.93. The summed E-state index contributed by atoms with van der Waals surface area (Å²) in [6.45, 7) is 7.78. The molecule has 6 heteroatoms. The van der Waals surface area contributed by atoms with E-state index in [0.717, 1.165) is 11.6 Å². The van der Waals surface area contributed by atoms with Crippen molar-refractivity contribution in [1.29, 1.82) is 0 Å². The monoisotopic (exact) mass is 329 g/mol. The van der Waals surface area contributed by atoms with Gasteiger partial charge in [-0.3, -0.25) is 4.79 Å². The number of benzene rings is 1. The van der Waals surface area contributed by atoms with Gasteiger partial charge >= 0.3 is 0 Å². The molecule has 0 aliphatic heterocycles. The first-order chi connectivity index (χ1) is 11.3. The first-order valence-electron chi connectivity index (χ1n) is 7.73. The second-order valence-electron chi connectivity index (χ2n) is 6.47. The maximum atomic E-state index is 12.2. The second kappa shape index (κ2) is 7.29. The zero-order valence-corrected chi connectivity index (χ0v) is 14.7. The maximum absolute atomic E-state index is 12.2. The van der Waals surface area contributed by atoms with Crippen LogP contribution in [-0.2, 0) is 10.2 Å². The van der Waals surface area contributed by atoms with Crippen molar-refractivity contribution >= 4 is 11.6 Å². The van der Waals surface area contributed by atoms with Crippen molar-refractivity contribution in [2.24, 2.45) is 0 Å². The Morgan fingerprint density at radius 2 is 1.62 bits per heavy atom. The van der Waals surface area contributed by atoms with Gasteiger partial charge in [0.25, 0.3) is 5.91 Å². The van der Waals surface area contributed by atoms with Gasteiger partial charge in [-0.15, -0.1) is 0 Å². The van der Waals surface area contributed by atoms with Crippen molar-refractivity contribution in [3.05, 3.63) is 42.5 Å². The molecule has 0 saturated carbocycles. The number of nitrogens with zero attached hydrogens (tertiary/aromatic N) is 2. The van der Waals surface area contributed by atoms with Gasteiger partial charge in [0.15, 0.2) is 6.10 Å². The summed E-state index contributed by atoms with van der Waals surface area (Å²) in [6, 6.07) is 7.06. The summed E-state index contributed by atoms with van der Waals surface area (Å²) in [7, 11) is 1.60. The molecule has 0 aliphatic carbocycles. The van der Waals surface area contributed by atoms with E-state index in [-0.39, 0.29) is 11.3 Å². The predicted octanol–water partition coefficient (Wildman–Crippen LogP) is 3.19. The van der Waals surface area contributed by atoms with Crippen LogP contribution in [0.1, 0.15) is 33.5 Å². The highest BCUT2D eigenvalue weighted by Crippen LogP contribution is 2.20. The number of hydrogen-bond donors (Lipinski definition) is 1. The fraction of sp³-hybridized carbons (Fsp3) is 0.389. The Morgan fingerprint density at radius 3 is 2.12 bits per heavy atom. The Balaban J connectivity index is 1.95. The third-order valence-electron chi connectivity index (χ3n) is 3.33. The molecule has 1 aromatic heterocycles. The second-order valence-corrected chi connectivity index (χ2v) is 6.47. The van der Waals surface area contributed by atoms with E-state index in [0.29, 0.717) is 11.4 Å². The van der Waals surface area contributed by atoms with E-state index in [1.165, 1.54) is 0 Å². The molecule has 2 aromatic rings. The number of methoxy groups -OCH3 is 1. The van der Waals surface area contributed by atoms with Crippen molar-refractivity contribution in [2.75, 3.05) is 12.4 Å². The SMILES string of the molecule is COc1ccc(OC(C)C(=O)Nc2cnc(C(C)(C)C)nc2)cc1. The average molecular weight is 329 g/mol. The molecular weight excluding hydrogens is 306 g/mol. The van der Waals surface area contributed by atoms with E-state index in [1.807, 2.05) is 20.8 Å². The third kappa shape index (κ3) is 4.68. The molecular formula is C18H23N3O3. The van der Waals surface area contributed by atoms with Crippen molar-refractivity contribution in [3.8, 4) is 11.5 Å². The minimum Gasteiger partial charge on any atom is -0.497 e. The van der Waals surface area contributed by atoms with Crippen molar-refractivity contribution in [1.82, 2.24) is 9.97 Å². The molecule has 24 heavy (non-hydrogen) atoms. The zero-order chi connectivity index (χ0) is 17.7. The fourth-order valence-electron chi connectivity index (χ4n) is 1.94. The number of amides is 1. The zero-order valence-electron chi connectivity index (χ0n) is 14.7. The van der Waals surface area contributed by atoms with Gasteiger partial charge in [0.05, 0.1) is 25.2 Å². The molecule has 0 spiro atoms. The van der Waals surface area contributed by atoms with E-state index < -0.39 is 6.10 Å². The molecule has 0 saturated heterocycles. The van der Waals surface area contributed by atoms with Gasteiger partial charge < -0.3 is 14.8 Å². The van der Waals surface area contributed by atoms with Crippen molar-refractivity contribution in [3.63, 3.8) is 0 Å². The molecule has 128 valence electrons. The number of nitrogens with one attached hydrogen (secondary N) is 1.